The molecular formula is C15H15BrN4O2S. The molecule has 3 aromatic heterocycles. The van der Waals surface area contributed by atoms with Crippen molar-refractivity contribution in [3.63, 3.8) is 0 Å². The van der Waals surface area contributed by atoms with Crippen molar-refractivity contribution in [2.75, 3.05) is 5.75 Å². The summed E-state index contributed by atoms with van der Waals surface area (Å²) in [5.41, 5.74) is 2.23. The molecule has 0 aliphatic heterocycles. The highest BCUT2D eigenvalue weighted by Gasteiger charge is 2.17. The zero-order valence-corrected chi connectivity index (χ0v) is 15.1. The van der Waals surface area contributed by atoms with Crippen molar-refractivity contribution in [1.82, 2.24) is 19.2 Å². The molecule has 0 N–H and O–H groups in total. The number of nitrogens with zero attached hydrogens (tertiary/aromatic N) is 4. The molecule has 1 atom stereocenters. The summed E-state index contributed by atoms with van der Waals surface area (Å²) >= 11 is 2.12. The second-order valence-electron chi connectivity index (χ2n) is 5.09. The van der Waals surface area contributed by atoms with E-state index in [1.54, 1.807) is 12.3 Å². The fourth-order valence-electron chi connectivity index (χ4n) is 2.35. The summed E-state index contributed by atoms with van der Waals surface area (Å²) in [6.45, 7) is 4.25. The lowest BCUT2D eigenvalue weighted by Gasteiger charge is -2.12. The quantitative estimate of drug-likeness (QED) is 0.501. The highest BCUT2D eigenvalue weighted by molar-refractivity contribution is 9.10. The van der Waals surface area contributed by atoms with Crippen LogP contribution in [0.4, 0.5) is 0 Å². The van der Waals surface area contributed by atoms with Crippen LogP contribution >= 0.6 is 15.9 Å². The van der Waals surface area contributed by atoms with Gasteiger partial charge in [0.25, 0.3) is 10.6 Å². The van der Waals surface area contributed by atoms with E-state index >= 15 is 0 Å². The van der Waals surface area contributed by atoms with Crippen molar-refractivity contribution < 1.29 is 4.55 Å². The van der Waals surface area contributed by atoms with E-state index in [0.29, 0.717) is 23.0 Å². The van der Waals surface area contributed by atoms with Crippen molar-refractivity contribution in [1.29, 1.82) is 0 Å². The van der Waals surface area contributed by atoms with E-state index in [-0.39, 0.29) is 5.56 Å². The molecule has 0 spiro atoms. The van der Waals surface area contributed by atoms with E-state index in [9.17, 15) is 9.35 Å². The normalized spacial score (nSPS) is 12.7. The van der Waals surface area contributed by atoms with Crippen LogP contribution in [0.1, 0.15) is 18.2 Å². The first-order valence-electron chi connectivity index (χ1n) is 7.08. The third-order valence-electron chi connectivity index (χ3n) is 3.54. The number of rotatable bonds is 4. The lowest BCUT2D eigenvalue weighted by Crippen LogP contribution is -2.20. The summed E-state index contributed by atoms with van der Waals surface area (Å²) < 4.78 is 16.0. The van der Waals surface area contributed by atoms with Crippen LogP contribution in [0.3, 0.4) is 0 Å². The molecule has 0 aliphatic carbocycles. The maximum absolute atomic E-state index is 12.1. The van der Waals surface area contributed by atoms with Gasteiger partial charge in [-0.25, -0.2) is 4.98 Å². The van der Waals surface area contributed by atoms with Crippen molar-refractivity contribution in [3.05, 3.63) is 56.7 Å². The van der Waals surface area contributed by atoms with Crippen LogP contribution in [0.15, 0.2) is 44.9 Å². The van der Waals surface area contributed by atoms with E-state index in [1.807, 2.05) is 30.5 Å². The van der Waals surface area contributed by atoms with E-state index in [0.717, 1.165) is 15.9 Å². The van der Waals surface area contributed by atoms with E-state index in [4.69, 9.17) is 0 Å². The number of aromatic nitrogens is 4. The van der Waals surface area contributed by atoms with Crippen LogP contribution in [-0.4, -0.2) is 29.5 Å². The number of fused-ring (bicyclic) bond motifs is 1. The van der Waals surface area contributed by atoms with Gasteiger partial charge in [0, 0.05) is 29.1 Å². The van der Waals surface area contributed by atoms with Gasteiger partial charge in [-0.15, -0.1) is 5.10 Å². The molecule has 120 valence electrons. The molecule has 0 radical (unpaired) electrons. The molecule has 0 amide bonds. The van der Waals surface area contributed by atoms with Crippen molar-refractivity contribution in [2.45, 2.75) is 25.4 Å². The summed E-state index contributed by atoms with van der Waals surface area (Å²) in [5, 5.41) is 4.63. The Morgan fingerprint density at radius 3 is 2.78 bits per heavy atom. The Labute approximate surface area is 144 Å². The van der Waals surface area contributed by atoms with Crippen molar-refractivity contribution >= 4 is 32.8 Å². The standard InChI is InChI=1S/C15H15BrN4O2S/c1-3-23(22)13-7-14-19(9-11-4-5-12(16)17-8-11)10(2)6-15(21)20(14)18-13/h4-8H,3,9H2,1-2H3. The molecule has 0 bridgehead atoms. The molecular weight excluding hydrogens is 380 g/mol. The summed E-state index contributed by atoms with van der Waals surface area (Å²) in [4.78, 5) is 16.4. The van der Waals surface area contributed by atoms with Crippen LogP contribution in [0.5, 0.6) is 0 Å². The van der Waals surface area contributed by atoms with Crippen molar-refractivity contribution in [3.8, 4) is 0 Å². The van der Waals surface area contributed by atoms with Gasteiger partial charge in [0.2, 0.25) is 0 Å². The Balaban J connectivity index is 2.13. The van der Waals surface area contributed by atoms with Crippen LogP contribution in [0.2, 0.25) is 0 Å². The smallest absolute Gasteiger partial charge is 0.274 e. The average Bonchev–Trinajstić information content (AvgIpc) is 2.98. The Hall–Kier alpha value is -1.64. The third kappa shape index (κ3) is 3.19. The van der Waals surface area contributed by atoms with Gasteiger partial charge >= 0.3 is 0 Å². The summed E-state index contributed by atoms with van der Waals surface area (Å²) in [6.07, 6.45) is 1.78. The molecule has 3 rings (SSSR count). The first-order chi connectivity index (χ1) is 11.0. The summed E-state index contributed by atoms with van der Waals surface area (Å²) in [5.74, 6) is 0.466. The summed E-state index contributed by atoms with van der Waals surface area (Å²) in [7, 11) is 0. The maximum Gasteiger partial charge on any atom is 0.274 e. The summed E-state index contributed by atoms with van der Waals surface area (Å²) in [6, 6.07) is 7.09. The van der Waals surface area contributed by atoms with Gasteiger partial charge < -0.3 is 9.12 Å². The minimum Gasteiger partial charge on any atom is -0.610 e. The number of aryl methyl sites for hydroxylation is 1. The molecule has 0 saturated carbocycles. The lowest BCUT2D eigenvalue weighted by atomic mass is 10.2. The molecule has 0 aromatic carbocycles. The second-order valence-corrected chi connectivity index (χ2v) is 7.59. The molecule has 3 aromatic rings. The number of pyridine rings is 1. The zero-order valence-electron chi connectivity index (χ0n) is 12.7. The fourth-order valence-corrected chi connectivity index (χ4v) is 3.29. The van der Waals surface area contributed by atoms with Crippen LogP contribution < -0.4 is 5.56 Å². The second kappa shape index (κ2) is 6.46. The Morgan fingerprint density at radius 1 is 1.35 bits per heavy atom. The molecule has 0 fully saturated rings. The minimum atomic E-state index is -1.20. The largest absolute Gasteiger partial charge is 0.610 e. The number of halogens is 1. The molecule has 8 heteroatoms. The third-order valence-corrected chi connectivity index (χ3v) is 5.20. The lowest BCUT2D eigenvalue weighted by molar-refractivity contribution is 0.590. The maximum atomic E-state index is 12.1. The minimum absolute atomic E-state index is 0.220. The number of hydrogen-bond donors (Lipinski definition) is 0. The van der Waals surface area contributed by atoms with Gasteiger partial charge in [0.05, 0.1) is 12.6 Å². The first kappa shape index (κ1) is 16.2. The van der Waals surface area contributed by atoms with Gasteiger partial charge in [-0.3, -0.25) is 4.79 Å². The Bertz CT molecular complexity index is 904. The van der Waals surface area contributed by atoms with E-state index < -0.39 is 11.2 Å². The van der Waals surface area contributed by atoms with Gasteiger partial charge in [-0.1, -0.05) is 6.07 Å². The van der Waals surface area contributed by atoms with Crippen LogP contribution in [-0.2, 0) is 17.7 Å². The highest BCUT2D eigenvalue weighted by atomic mass is 79.9. The van der Waals surface area contributed by atoms with Crippen LogP contribution in [0, 0.1) is 6.92 Å². The SMILES string of the molecule is CC[S+]([O-])c1cc2n(Cc3ccc(Br)nc3)c(C)cc(=O)n2n1. The molecule has 6 nitrogen and oxygen atoms in total. The predicted octanol–water partition coefficient (Wildman–Crippen LogP) is 2.14. The van der Waals surface area contributed by atoms with Gasteiger partial charge in [0.1, 0.15) is 16.0 Å². The Morgan fingerprint density at radius 2 is 2.13 bits per heavy atom. The first-order valence-corrected chi connectivity index (χ1v) is 9.20. The monoisotopic (exact) mass is 394 g/mol. The molecule has 23 heavy (non-hydrogen) atoms. The van der Waals surface area contributed by atoms with Gasteiger partial charge in [-0.2, -0.15) is 4.52 Å². The molecule has 3 heterocycles. The van der Waals surface area contributed by atoms with Gasteiger partial charge in [-0.05, 0) is 41.4 Å². The van der Waals surface area contributed by atoms with Crippen molar-refractivity contribution in [2.24, 2.45) is 0 Å². The average molecular weight is 395 g/mol. The molecule has 1 unspecified atom stereocenters. The zero-order chi connectivity index (χ0) is 16.6. The van der Waals surface area contributed by atoms with E-state index in [2.05, 4.69) is 26.0 Å². The van der Waals surface area contributed by atoms with E-state index in [1.165, 1.54) is 10.6 Å². The molecule has 0 saturated heterocycles. The number of hydrogen-bond acceptors (Lipinski definition) is 4. The highest BCUT2D eigenvalue weighted by Crippen LogP contribution is 2.16. The van der Waals surface area contributed by atoms with Gasteiger partial charge in [0.15, 0.2) is 0 Å². The van der Waals surface area contributed by atoms with Crippen LogP contribution in [0.25, 0.3) is 5.65 Å². The molecule has 0 aliphatic rings. The topological polar surface area (TPSA) is 75.2 Å². The predicted molar refractivity (Wildman–Crippen MR) is 92.2 cm³/mol. The Kier molecular flexibility index (Phi) is 4.56. The fraction of sp³-hybridized carbons (Fsp3) is 0.267.